The minimum atomic E-state index is -0.554. The van der Waals surface area contributed by atoms with Gasteiger partial charge in [-0.2, -0.15) is 0 Å². The zero-order chi connectivity index (χ0) is 22.6. The normalized spacial score (nSPS) is 13.9. The molecule has 4 rings (SSSR count). The molecule has 0 unspecified atom stereocenters. The first kappa shape index (κ1) is 21.6. The van der Waals surface area contributed by atoms with E-state index in [1.54, 1.807) is 24.3 Å². The summed E-state index contributed by atoms with van der Waals surface area (Å²) >= 11 is 0. The highest BCUT2D eigenvalue weighted by Crippen LogP contribution is 2.47. The van der Waals surface area contributed by atoms with Gasteiger partial charge in [0.25, 0.3) is 5.91 Å². The van der Waals surface area contributed by atoms with Crippen molar-refractivity contribution in [3.63, 3.8) is 0 Å². The smallest absolute Gasteiger partial charge is 0.338 e. The summed E-state index contributed by atoms with van der Waals surface area (Å²) in [5, 5.41) is 6.79. The van der Waals surface area contributed by atoms with Crippen molar-refractivity contribution in [2.45, 2.75) is 38.7 Å². The molecule has 1 fully saturated rings. The van der Waals surface area contributed by atoms with E-state index < -0.39 is 5.97 Å². The molecule has 7 nitrogen and oxygen atoms in total. The summed E-state index contributed by atoms with van der Waals surface area (Å²) in [7, 11) is 0. The first-order chi connectivity index (χ1) is 15.5. The van der Waals surface area contributed by atoms with Crippen molar-refractivity contribution in [1.29, 1.82) is 0 Å². The van der Waals surface area contributed by atoms with Crippen LogP contribution in [0, 0.1) is 13.8 Å². The monoisotopic (exact) mass is 434 g/mol. The van der Waals surface area contributed by atoms with Crippen molar-refractivity contribution < 1.29 is 23.6 Å². The van der Waals surface area contributed by atoms with E-state index in [0.717, 1.165) is 29.9 Å². The molecule has 7 heteroatoms. The van der Waals surface area contributed by atoms with E-state index >= 15 is 0 Å². The van der Waals surface area contributed by atoms with E-state index in [2.05, 4.69) is 22.6 Å². The predicted octanol–water partition coefficient (Wildman–Crippen LogP) is 3.88. The minimum Gasteiger partial charge on any atom is -0.489 e. The number of nitrogens with one attached hydrogen (secondary N) is 1. The Hall–Kier alpha value is -3.61. The highest BCUT2D eigenvalue weighted by atomic mass is 16.5. The second-order valence-electron chi connectivity index (χ2n) is 8.11. The van der Waals surface area contributed by atoms with E-state index in [-0.39, 0.29) is 17.9 Å². The van der Waals surface area contributed by atoms with Crippen molar-refractivity contribution in [3.8, 4) is 5.75 Å². The number of rotatable bonds is 9. The Bertz CT molecular complexity index is 1070. The summed E-state index contributed by atoms with van der Waals surface area (Å²) in [5.41, 5.74) is 3.29. The van der Waals surface area contributed by atoms with Crippen LogP contribution in [-0.4, -0.2) is 30.2 Å². The number of aryl methyl sites for hydroxylation is 2. The van der Waals surface area contributed by atoms with Crippen molar-refractivity contribution in [2.24, 2.45) is 0 Å². The molecule has 1 aliphatic carbocycles. The largest absolute Gasteiger partial charge is 0.489 e. The zero-order valence-electron chi connectivity index (χ0n) is 18.2. The number of benzene rings is 2. The standard InChI is InChI=1S/C25H26N2O5/c1-17-22(18(2)32-27-17)14-30-21-10-8-19(9-11-21)24(29)31-15-23(28)26-16-25(12-13-25)20-6-4-3-5-7-20/h3-11H,12-16H2,1-2H3,(H,26,28). The number of hydrogen-bond donors (Lipinski definition) is 1. The van der Waals surface area contributed by atoms with Gasteiger partial charge in [-0.25, -0.2) is 4.79 Å². The summed E-state index contributed by atoms with van der Waals surface area (Å²) in [4.78, 5) is 24.4. The van der Waals surface area contributed by atoms with E-state index in [1.807, 2.05) is 32.0 Å². The molecule has 32 heavy (non-hydrogen) atoms. The first-order valence-electron chi connectivity index (χ1n) is 10.6. The van der Waals surface area contributed by atoms with E-state index in [4.69, 9.17) is 14.0 Å². The topological polar surface area (TPSA) is 90.7 Å². The molecule has 1 amide bonds. The molecule has 0 radical (unpaired) electrons. The lowest BCUT2D eigenvalue weighted by Crippen LogP contribution is -2.35. The maximum absolute atomic E-state index is 12.3. The van der Waals surface area contributed by atoms with Gasteiger partial charge in [0.1, 0.15) is 18.1 Å². The molecule has 0 atom stereocenters. The summed E-state index contributed by atoms with van der Waals surface area (Å²) in [5.74, 6) is 0.467. The van der Waals surface area contributed by atoms with Crippen molar-refractivity contribution in [3.05, 3.63) is 82.7 Å². The summed E-state index contributed by atoms with van der Waals surface area (Å²) in [6.45, 7) is 4.25. The predicted molar refractivity (Wildman–Crippen MR) is 117 cm³/mol. The van der Waals surface area contributed by atoms with Crippen LogP contribution >= 0.6 is 0 Å². The molecular weight excluding hydrogens is 408 g/mol. The summed E-state index contributed by atoms with van der Waals surface area (Å²) < 4.78 is 16.0. The number of amides is 1. The Balaban J connectivity index is 1.22. The van der Waals surface area contributed by atoms with Crippen LogP contribution in [0.3, 0.4) is 0 Å². The Morgan fingerprint density at radius 2 is 1.78 bits per heavy atom. The average molecular weight is 434 g/mol. The van der Waals surface area contributed by atoms with Crippen LogP contribution in [0.4, 0.5) is 0 Å². The average Bonchev–Trinajstić information content (AvgIpc) is 3.55. The number of ether oxygens (including phenoxy) is 2. The molecule has 3 aromatic rings. The molecule has 166 valence electrons. The molecule has 0 aliphatic heterocycles. The Morgan fingerprint density at radius 1 is 1.06 bits per heavy atom. The third-order valence-corrected chi connectivity index (χ3v) is 5.85. The van der Waals surface area contributed by atoms with Gasteiger partial charge in [-0.15, -0.1) is 0 Å². The van der Waals surface area contributed by atoms with Gasteiger partial charge < -0.3 is 19.3 Å². The molecule has 2 aromatic carbocycles. The number of nitrogens with zero attached hydrogens (tertiary/aromatic N) is 1. The molecule has 1 saturated carbocycles. The van der Waals surface area contributed by atoms with Crippen LogP contribution in [0.2, 0.25) is 0 Å². The van der Waals surface area contributed by atoms with Crippen LogP contribution in [0.15, 0.2) is 59.1 Å². The van der Waals surface area contributed by atoms with Gasteiger partial charge in [0.15, 0.2) is 6.61 Å². The lowest BCUT2D eigenvalue weighted by atomic mass is 9.96. The van der Waals surface area contributed by atoms with Crippen LogP contribution in [0.5, 0.6) is 5.75 Å². The van der Waals surface area contributed by atoms with E-state index in [1.165, 1.54) is 5.56 Å². The van der Waals surface area contributed by atoms with Gasteiger partial charge in [0.2, 0.25) is 0 Å². The number of esters is 1. The number of hydrogen-bond acceptors (Lipinski definition) is 6. The fourth-order valence-electron chi connectivity index (χ4n) is 3.59. The van der Waals surface area contributed by atoms with E-state index in [0.29, 0.717) is 24.5 Å². The Morgan fingerprint density at radius 3 is 2.41 bits per heavy atom. The highest BCUT2D eigenvalue weighted by Gasteiger charge is 2.44. The van der Waals surface area contributed by atoms with Crippen molar-refractivity contribution >= 4 is 11.9 Å². The number of aromatic nitrogens is 1. The molecule has 1 aromatic heterocycles. The molecule has 0 saturated heterocycles. The quantitative estimate of drug-likeness (QED) is 0.514. The second kappa shape index (κ2) is 9.26. The van der Waals surface area contributed by atoms with E-state index in [9.17, 15) is 9.59 Å². The molecule has 0 bridgehead atoms. The third-order valence-electron chi connectivity index (χ3n) is 5.85. The maximum atomic E-state index is 12.3. The van der Waals surface area contributed by atoms with Crippen LogP contribution < -0.4 is 10.1 Å². The van der Waals surface area contributed by atoms with Crippen LogP contribution in [-0.2, 0) is 21.6 Å². The maximum Gasteiger partial charge on any atom is 0.338 e. The Kier molecular flexibility index (Phi) is 6.25. The molecular formula is C25H26N2O5. The first-order valence-corrected chi connectivity index (χ1v) is 10.6. The van der Waals surface area contributed by atoms with Gasteiger partial charge in [-0.3, -0.25) is 4.79 Å². The minimum absolute atomic E-state index is 0.0142. The summed E-state index contributed by atoms with van der Waals surface area (Å²) in [6, 6.07) is 16.8. The van der Waals surface area contributed by atoms with Gasteiger partial charge in [0.05, 0.1) is 16.8 Å². The second-order valence-corrected chi connectivity index (χ2v) is 8.11. The Labute approximate surface area is 186 Å². The molecule has 1 heterocycles. The lowest BCUT2D eigenvalue weighted by Gasteiger charge is -2.16. The fourth-order valence-corrected chi connectivity index (χ4v) is 3.59. The van der Waals surface area contributed by atoms with Gasteiger partial charge >= 0.3 is 5.97 Å². The highest BCUT2D eigenvalue weighted by molar-refractivity contribution is 5.91. The van der Waals surface area contributed by atoms with Crippen molar-refractivity contribution in [1.82, 2.24) is 10.5 Å². The van der Waals surface area contributed by atoms with Gasteiger partial charge in [-0.05, 0) is 56.5 Å². The van der Waals surface area contributed by atoms with Crippen molar-refractivity contribution in [2.75, 3.05) is 13.2 Å². The lowest BCUT2D eigenvalue weighted by molar-refractivity contribution is -0.124. The number of carbonyl (C=O) groups is 2. The fraction of sp³-hybridized carbons (Fsp3) is 0.320. The van der Waals surface area contributed by atoms with Gasteiger partial charge in [-0.1, -0.05) is 35.5 Å². The zero-order valence-corrected chi connectivity index (χ0v) is 18.2. The SMILES string of the molecule is Cc1noc(C)c1COc1ccc(C(=O)OCC(=O)NCC2(c3ccccc3)CC2)cc1. The number of carbonyl (C=O) groups excluding carboxylic acids is 2. The third kappa shape index (κ3) is 4.99. The van der Waals surface area contributed by atoms with Crippen LogP contribution in [0.1, 0.15) is 45.8 Å². The van der Waals surface area contributed by atoms with Gasteiger partial charge in [0, 0.05) is 12.0 Å². The van der Waals surface area contributed by atoms with Crippen LogP contribution in [0.25, 0.3) is 0 Å². The summed E-state index contributed by atoms with van der Waals surface area (Å²) in [6.07, 6.45) is 2.09. The molecule has 1 aliphatic rings. The molecule has 1 N–H and O–H groups in total. The molecule has 0 spiro atoms.